The Bertz CT molecular complexity index is 387. The Morgan fingerprint density at radius 1 is 1.38 bits per heavy atom. The summed E-state index contributed by atoms with van der Waals surface area (Å²) in [4.78, 5) is 12.5. The van der Waals surface area contributed by atoms with Crippen LogP contribution < -0.4 is 5.32 Å². The zero-order valence-electron chi connectivity index (χ0n) is 9.75. The minimum absolute atomic E-state index is 0.0437. The summed E-state index contributed by atoms with van der Waals surface area (Å²) in [5, 5.41) is 3.06. The number of rotatable bonds is 3. The fraction of sp³-hybridized carbons (Fsp3) is 0.462. The first-order valence-electron chi connectivity index (χ1n) is 5.55. The summed E-state index contributed by atoms with van der Waals surface area (Å²) in [6.07, 6.45) is 4.61. The van der Waals surface area contributed by atoms with Crippen molar-refractivity contribution in [3.05, 3.63) is 29.8 Å². The lowest BCUT2D eigenvalue weighted by atomic mass is 9.91. The molecule has 1 heterocycles. The molecule has 1 aromatic carbocycles. The fourth-order valence-corrected chi connectivity index (χ4v) is 2.59. The van der Waals surface area contributed by atoms with Gasteiger partial charge in [-0.05, 0) is 43.7 Å². The highest BCUT2D eigenvalue weighted by Gasteiger charge is 2.32. The number of carbonyl (C=O) groups excluding carboxylic acids is 1. The van der Waals surface area contributed by atoms with Crippen molar-refractivity contribution in [1.82, 2.24) is 5.32 Å². The van der Waals surface area contributed by atoms with Crippen LogP contribution in [0.25, 0.3) is 0 Å². The highest BCUT2D eigenvalue weighted by Crippen LogP contribution is 2.25. The predicted octanol–water partition coefficient (Wildman–Crippen LogP) is 2.62. The molecular weight excluding hydrogens is 218 g/mol. The van der Waals surface area contributed by atoms with E-state index in [0.717, 1.165) is 12.8 Å². The molecule has 16 heavy (non-hydrogen) atoms. The molecule has 0 aromatic heterocycles. The van der Waals surface area contributed by atoms with E-state index in [1.54, 1.807) is 11.8 Å². The Morgan fingerprint density at radius 3 is 2.56 bits per heavy atom. The van der Waals surface area contributed by atoms with Gasteiger partial charge in [-0.1, -0.05) is 12.1 Å². The van der Waals surface area contributed by atoms with Crippen molar-refractivity contribution in [2.24, 2.45) is 0 Å². The summed E-state index contributed by atoms with van der Waals surface area (Å²) in [6, 6.07) is 8.59. The SMILES string of the molecule is CSc1ccc(CC2(C)CCC(=O)N2)cc1. The van der Waals surface area contributed by atoms with Crippen LogP contribution in [0.2, 0.25) is 0 Å². The maximum absolute atomic E-state index is 11.2. The minimum atomic E-state index is -0.0437. The lowest BCUT2D eigenvalue weighted by Gasteiger charge is -2.24. The molecule has 1 aromatic rings. The van der Waals surface area contributed by atoms with Gasteiger partial charge >= 0.3 is 0 Å². The molecule has 0 aliphatic carbocycles. The Labute approximate surface area is 101 Å². The molecule has 1 fully saturated rings. The van der Waals surface area contributed by atoms with Crippen LogP contribution >= 0.6 is 11.8 Å². The van der Waals surface area contributed by atoms with Gasteiger partial charge in [-0.2, -0.15) is 0 Å². The van der Waals surface area contributed by atoms with Crippen molar-refractivity contribution in [2.45, 2.75) is 36.6 Å². The zero-order chi connectivity index (χ0) is 11.6. The van der Waals surface area contributed by atoms with Gasteiger partial charge in [-0.15, -0.1) is 11.8 Å². The monoisotopic (exact) mass is 235 g/mol. The van der Waals surface area contributed by atoms with Crippen molar-refractivity contribution in [3.63, 3.8) is 0 Å². The van der Waals surface area contributed by atoms with Crippen molar-refractivity contribution < 1.29 is 4.79 Å². The number of amides is 1. The molecule has 1 unspecified atom stereocenters. The van der Waals surface area contributed by atoms with Crippen molar-refractivity contribution in [3.8, 4) is 0 Å². The third kappa shape index (κ3) is 2.59. The molecule has 1 aliphatic rings. The molecule has 3 heteroatoms. The summed E-state index contributed by atoms with van der Waals surface area (Å²) < 4.78 is 0. The van der Waals surface area contributed by atoms with Crippen molar-refractivity contribution >= 4 is 17.7 Å². The number of hydrogen-bond acceptors (Lipinski definition) is 2. The highest BCUT2D eigenvalue weighted by molar-refractivity contribution is 7.98. The van der Waals surface area contributed by atoms with Gasteiger partial charge in [0.25, 0.3) is 0 Å². The number of nitrogens with one attached hydrogen (secondary N) is 1. The summed E-state index contributed by atoms with van der Waals surface area (Å²) in [6.45, 7) is 2.13. The molecule has 0 bridgehead atoms. The van der Waals surface area contributed by atoms with Crippen LogP contribution in [-0.2, 0) is 11.2 Å². The van der Waals surface area contributed by atoms with E-state index in [1.807, 2.05) is 0 Å². The fourth-order valence-electron chi connectivity index (χ4n) is 2.18. The molecule has 0 saturated carbocycles. The van der Waals surface area contributed by atoms with E-state index in [9.17, 15) is 4.79 Å². The van der Waals surface area contributed by atoms with Crippen LogP contribution in [0.3, 0.4) is 0 Å². The third-order valence-electron chi connectivity index (χ3n) is 3.10. The minimum Gasteiger partial charge on any atom is -0.351 e. The first-order chi connectivity index (χ1) is 7.61. The van der Waals surface area contributed by atoms with Gasteiger partial charge in [-0.25, -0.2) is 0 Å². The quantitative estimate of drug-likeness (QED) is 0.816. The summed E-state index contributed by atoms with van der Waals surface area (Å²) >= 11 is 1.75. The zero-order valence-corrected chi connectivity index (χ0v) is 10.6. The van der Waals surface area contributed by atoms with E-state index in [0.29, 0.717) is 6.42 Å². The summed E-state index contributed by atoms with van der Waals surface area (Å²) in [5.74, 6) is 0.184. The second-order valence-corrected chi connectivity index (χ2v) is 5.51. The van der Waals surface area contributed by atoms with Gasteiger partial charge in [0.05, 0.1) is 0 Å². The first kappa shape index (κ1) is 11.5. The van der Waals surface area contributed by atoms with E-state index in [2.05, 4.69) is 42.8 Å². The second-order valence-electron chi connectivity index (χ2n) is 4.63. The average molecular weight is 235 g/mol. The predicted molar refractivity (Wildman–Crippen MR) is 67.7 cm³/mol. The Hall–Kier alpha value is -0.960. The molecule has 1 amide bonds. The standard InChI is InChI=1S/C13H17NOS/c1-13(8-7-12(15)14-13)9-10-3-5-11(16-2)6-4-10/h3-6H,7-9H2,1-2H3,(H,14,15). The summed E-state index contributed by atoms with van der Waals surface area (Å²) in [5.41, 5.74) is 1.25. The number of carbonyl (C=O) groups is 1. The molecule has 1 saturated heterocycles. The molecule has 2 rings (SSSR count). The maximum atomic E-state index is 11.2. The largest absolute Gasteiger partial charge is 0.351 e. The topological polar surface area (TPSA) is 29.1 Å². The average Bonchev–Trinajstić information content (AvgIpc) is 2.59. The van der Waals surface area contributed by atoms with Crippen LogP contribution in [0.5, 0.6) is 0 Å². The highest BCUT2D eigenvalue weighted by atomic mass is 32.2. The van der Waals surface area contributed by atoms with E-state index in [1.165, 1.54) is 10.5 Å². The smallest absolute Gasteiger partial charge is 0.220 e. The van der Waals surface area contributed by atoms with Crippen molar-refractivity contribution in [1.29, 1.82) is 0 Å². The van der Waals surface area contributed by atoms with Crippen LogP contribution in [0.15, 0.2) is 29.2 Å². The Kier molecular flexibility index (Phi) is 3.24. The molecule has 1 atom stereocenters. The van der Waals surface area contributed by atoms with Gasteiger partial charge in [0, 0.05) is 16.9 Å². The van der Waals surface area contributed by atoms with E-state index < -0.39 is 0 Å². The lowest BCUT2D eigenvalue weighted by Crippen LogP contribution is -2.40. The second kappa shape index (κ2) is 4.50. The van der Waals surface area contributed by atoms with Gasteiger partial charge in [0.2, 0.25) is 5.91 Å². The molecular formula is C13H17NOS. The normalized spacial score (nSPS) is 24.5. The summed E-state index contributed by atoms with van der Waals surface area (Å²) in [7, 11) is 0. The molecule has 1 N–H and O–H groups in total. The molecule has 86 valence electrons. The number of hydrogen-bond donors (Lipinski definition) is 1. The molecule has 0 radical (unpaired) electrons. The van der Waals surface area contributed by atoms with Crippen LogP contribution in [-0.4, -0.2) is 17.7 Å². The number of benzene rings is 1. The van der Waals surface area contributed by atoms with Gasteiger partial charge < -0.3 is 5.32 Å². The number of thioether (sulfide) groups is 1. The molecule has 0 spiro atoms. The van der Waals surface area contributed by atoms with Gasteiger partial charge in [0.1, 0.15) is 0 Å². The Balaban J connectivity index is 2.06. The van der Waals surface area contributed by atoms with Gasteiger partial charge in [0.15, 0.2) is 0 Å². The first-order valence-corrected chi connectivity index (χ1v) is 6.78. The third-order valence-corrected chi connectivity index (χ3v) is 3.84. The molecule has 2 nitrogen and oxygen atoms in total. The van der Waals surface area contributed by atoms with Crippen LogP contribution in [0.4, 0.5) is 0 Å². The van der Waals surface area contributed by atoms with Crippen LogP contribution in [0.1, 0.15) is 25.3 Å². The van der Waals surface area contributed by atoms with Gasteiger partial charge in [-0.3, -0.25) is 4.79 Å². The van der Waals surface area contributed by atoms with Crippen molar-refractivity contribution in [2.75, 3.05) is 6.26 Å². The lowest BCUT2D eigenvalue weighted by molar-refractivity contribution is -0.119. The van der Waals surface area contributed by atoms with Crippen LogP contribution in [0, 0.1) is 0 Å². The van der Waals surface area contributed by atoms with E-state index in [-0.39, 0.29) is 11.4 Å². The van der Waals surface area contributed by atoms with E-state index in [4.69, 9.17) is 0 Å². The Morgan fingerprint density at radius 2 is 2.06 bits per heavy atom. The maximum Gasteiger partial charge on any atom is 0.220 e. The molecule has 1 aliphatic heterocycles. The van der Waals surface area contributed by atoms with E-state index >= 15 is 0 Å².